The monoisotopic (exact) mass is 370 g/mol. The second kappa shape index (κ2) is 8.11. The largest absolute Gasteiger partial charge is 0.493 e. The van der Waals surface area contributed by atoms with E-state index in [-0.39, 0.29) is 50.1 Å². The van der Waals surface area contributed by atoms with Crippen LogP contribution in [0.3, 0.4) is 0 Å². The number of nitrogens with zero attached hydrogens (tertiary/aromatic N) is 1. The van der Waals surface area contributed by atoms with Crippen molar-refractivity contribution in [1.82, 2.24) is 4.31 Å². The van der Waals surface area contributed by atoms with Gasteiger partial charge in [-0.15, -0.1) is 12.4 Å². The molecule has 2 N–H and O–H groups in total. The van der Waals surface area contributed by atoms with Gasteiger partial charge in [0.25, 0.3) is 0 Å². The van der Waals surface area contributed by atoms with Gasteiger partial charge in [-0.05, 0) is 0 Å². The molecule has 1 aromatic carbocycles. The minimum absolute atomic E-state index is 0. The molecule has 1 heterocycles. The van der Waals surface area contributed by atoms with Crippen LogP contribution in [0.4, 0.5) is 4.39 Å². The smallest absolute Gasteiger partial charge is 0.246 e. The van der Waals surface area contributed by atoms with Crippen LogP contribution < -0.4 is 15.2 Å². The van der Waals surface area contributed by atoms with Gasteiger partial charge in [-0.2, -0.15) is 4.31 Å². The summed E-state index contributed by atoms with van der Waals surface area (Å²) in [4.78, 5) is -0.456. The summed E-state index contributed by atoms with van der Waals surface area (Å²) in [6.45, 7) is 0.648. The van der Waals surface area contributed by atoms with Gasteiger partial charge in [-0.1, -0.05) is 0 Å². The van der Waals surface area contributed by atoms with Crippen molar-refractivity contribution in [3.8, 4) is 11.5 Å². The van der Waals surface area contributed by atoms with Gasteiger partial charge in [-0.3, -0.25) is 0 Å². The third kappa shape index (κ3) is 4.04. The summed E-state index contributed by atoms with van der Waals surface area (Å²) in [5.41, 5.74) is 5.50. The highest BCUT2D eigenvalue weighted by atomic mass is 35.5. The molecule has 132 valence electrons. The van der Waals surface area contributed by atoms with E-state index in [1.54, 1.807) is 0 Å². The molecule has 0 aromatic heterocycles. The van der Waals surface area contributed by atoms with Crippen LogP contribution in [-0.4, -0.2) is 59.3 Å². The second-order valence-corrected chi connectivity index (χ2v) is 6.64. The number of nitrogens with two attached hydrogens (primary N) is 1. The molecule has 1 aromatic rings. The van der Waals surface area contributed by atoms with Gasteiger partial charge in [0.15, 0.2) is 11.5 Å². The zero-order valence-electron chi connectivity index (χ0n) is 12.8. The minimum Gasteiger partial charge on any atom is -0.493 e. The summed E-state index contributed by atoms with van der Waals surface area (Å²) in [6, 6.07) is 2.11. The molecule has 0 spiro atoms. The Kier molecular flexibility index (Phi) is 7.02. The molecule has 1 atom stereocenters. The molecule has 1 saturated heterocycles. The third-order valence-corrected chi connectivity index (χ3v) is 5.30. The van der Waals surface area contributed by atoms with Crippen LogP contribution in [-0.2, 0) is 14.8 Å². The quantitative estimate of drug-likeness (QED) is 0.816. The predicted molar refractivity (Wildman–Crippen MR) is 84.3 cm³/mol. The first kappa shape index (κ1) is 19.9. The molecule has 0 saturated carbocycles. The molecule has 1 aliphatic rings. The lowest BCUT2D eigenvalue weighted by Gasteiger charge is -2.31. The molecule has 1 aliphatic heterocycles. The van der Waals surface area contributed by atoms with Crippen molar-refractivity contribution in [2.24, 2.45) is 5.73 Å². The van der Waals surface area contributed by atoms with Crippen molar-refractivity contribution in [3.05, 3.63) is 17.9 Å². The lowest BCUT2D eigenvalue weighted by atomic mass is 10.3. The summed E-state index contributed by atoms with van der Waals surface area (Å²) in [7, 11) is -1.31. The van der Waals surface area contributed by atoms with Crippen LogP contribution in [0.25, 0.3) is 0 Å². The van der Waals surface area contributed by atoms with E-state index in [1.165, 1.54) is 18.5 Å². The average Bonchev–Trinajstić information content (AvgIpc) is 2.54. The Morgan fingerprint density at radius 1 is 1.35 bits per heavy atom. The van der Waals surface area contributed by atoms with Crippen molar-refractivity contribution in [3.63, 3.8) is 0 Å². The van der Waals surface area contributed by atoms with E-state index in [4.69, 9.17) is 19.9 Å². The Hall–Kier alpha value is -1.13. The Morgan fingerprint density at radius 3 is 2.52 bits per heavy atom. The lowest BCUT2D eigenvalue weighted by molar-refractivity contribution is 0.00444. The molecule has 0 amide bonds. The highest BCUT2D eigenvalue weighted by molar-refractivity contribution is 7.89. The summed E-state index contributed by atoms with van der Waals surface area (Å²) >= 11 is 0. The summed E-state index contributed by atoms with van der Waals surface area (Å²) in [5, 5.41) is 0. The Labute approximate surface area is 140 Å². The molecule has 23 heavy (non-hydrogen) atoms. The van der Waals surface area contributed by atoms with E-state index in [0.717, 1.165) is 12.1 Å². The van der Waals surface area contributed by atoms with E-state index < -0.39 is 26.8 Å². The fourth-order valence-electron chi connectivity index (χ4n) is 2.23. The average molecular weight is 371 g/mol. The number of benzene rings is 1. The standard InChI is InChI=1S/C13H19FN2O5S.ClH/c1-19-11-5-10(14)13(6-12(11)20-2)22(17,18)16-3-4-21-9(7-15)8-16;/h5-6,9H,3-4,7-8,15H2,1-2H3;1H. The third-order valence-electron chi connectivity index (χ3n) is 3.42. The van der Waals surface area contributed by atoms with Crippen LogP contribution in [0.2, 0.25) is 0 Å². The van der Waals surface area contributed by atoms with Crippen LogP contribution >= 0.6 is 12.4 Å². The maximum absolute atomic E-state index is 14.2. The number of hydrogen-bond acceptors (Lipinski definition) is 6. The summed E-state index contributed by atoms with van der Waals surface area (Å²) < 4.78 is 55.9. The van der Waals surface area contributed by atoms with E-state index in [0.29, 0.717) is 0 Å². The maximum atomic E-state index is 14.2. The van der Waals surface area contributed by atoms with E-state index in [1.807, 2.05) is 0 Å². The molecule has 1 unspecified atom stereocenters. The van der Waals surface area contributed by atoms with Crippen LogP contribution in [0, 0.1) is 5.82 Å². The fraction of sp³-hybridized carbons (Fsp3) is 0.538. The highest BCUT2D eigenvalue weighted by Gasteiger charge is 2.33. The first-order valence-corrected chi connectivity index (χ1v) is 8.11. The molecule has 1 fully saturated rings. The van der Waals surface area contributed by atoms with Crippen molar-refractivity contribution < 1.29 is 27.0 Å². The van der Waals surface area contributed by atoms with Crippen molar-refractivity contribution in [2.75, 3.05) is 40.5 Å². The van der Waals surface area contributed by atoms with Gasteiger partial charge in [-0.25, -0.2) is 12.8 Å². The SMILES string of the molecule is COc1cc(F)c(S(=O)(=O)N2CCOC(CN)C2)cc1OC.Cl. The number of ether oxygens (including phenoxy) is 3. The Bertz CT molecular complexity index is 643. The van der Waals surface area contributed by atoms with E-state index in [2.05, 4.69) is 0 Å². The fourth-order valence-corrected chi connectivity index (χ4v) is 3.74. The number of rotatable bonds is 5. The first-order valence-electron chi connectivity index (χ1n) is 6.67. The van der Waals surface area contributed by atoms with Crippen LogP contribution in [0.1, 0.15) is 0 Å². The van der Waals surface area contributed by atoms with Gasteiger partial charge in [0.2, 0.25) is 10.0 Å². The second-order valence-electron chi connectivity index (χ2n) is 4.73. The number of morpholine rings is 1. The first-order chi connectivity index (χ1) is 10.4. The summed E-state index contributed by atoms with van der Waals surface area (Å²) in [5.74, 6) is -0.625. The number of methoxy groups -OCH3 is 2. The van der Waals surface area contributed by atoms with Crippen LogP contribution in [0.5, 0.6) is 11.5 Å². The van der Waals surface area contributed by atoms with Gasteiger partial charge in [0, 0.05) is 31.8 Å². The predicted octanol–water partition coefficient (Wildman–Crippen LogP) is 0.613. The molecule has 0 radical (unpaired) electrons. The molecule has 0 bridgehead atoms. The van der Waals surface area contributed by atoms with Crippen LogP contribution in [0.15, 0.2) is 17.0 Å². The van der Waals surface area contributed by atoms with Crippen molar-refractivity contribution in [1.29, 1.82) is 0 Å². The number of sulfonamides is 1. The molecular formula is C13H20ClFN2O5S. The maximum Gasteiger partial charge on any atom is 0.246 e. The Morgan fingerprint density at radius 2 is 1.96 bits per heavy atom. The van der Waals surface area contributed by atoms with Crippen molar-refractivity contribution in [2.45, 2.75) is 11.0 Å². The van der Waals surface area contributed by atoms with Gasteiger partial charge < -0.3 is 19.9 Å². The minimum atomic E-state index is -4.01. The normalized spacial score (nSPS) is 19.0. The molecule has 0 aliphatic carbocycles. The zero-order valence-corrected chi connectivity index (χ0v) is 14.5. The topological polar surface area (TPSA) is 91.1 Å². The van der Waals surface area contributed by atoms with E-state index in [9.17, 15) is 12.8 Å². The Balaban J connectivity index is 0.00000264. The number of hydrogen-bond donors (Lipinski definition) is 1. The molecule has 2 rings (SSSR count). The molecular weight excluding hydrogens is 351 g/mol. The highest BCUT2D eigenvalue weighted by Crippen LogP contribution is 2.33. The zero-order chi connectivity index (χ0) is 16.3. The molecule has 7 nitrogen and oxygen atoms in total. The van der Waals surface area contributed by atoms with E-state index >= 15 is 0 Å². The molecule has 10 heteroatoms. The van der Waals surface area contributed by atoms with Gasteiger partial charge in [0.05, 0.1) is 26.9 Å². The van der Waals surface area contributed by atoms with Gasteiger partial charge >= 0.3 is 0 Å². The number of halogens is 2. The van der Waals surface area contributed by atoms with Crippen molar-refractivity contribution >= 4 is 22.4 Å². The lowest BCUT2D eigenvalue weighted by Crippen LogP contribution is -2.48. The van der Waals surface area contributed by atoms with Gasteiger partial charge in [0.1, 0.15) is 10.7 Å². The summed E-state index contributed by atoms with van der Waals surface area (Å²) in [6.07, 6.45) is -0.397.